The van der Waals surface area contributed by atoms with Crippen LogP contribution in [-0.2, 0) is 26.5 Å². The van der Waals surface area contributed by atoms with Gasteiger partial charge >= 0.3 is 12.0 Å². The second-order valence-corrected chi connectivity index (χ2v) is 7.80. The molecule has 1 aliphatic heterocycles. The lowest BCUT2D eigenvalue weighted by Crippen LogP contribution is -2.44. The number of halogens is 1. The van der Waals surface area contributed by atoms with Gasteiger partial charge in [-0.3, -0.25) is 24.7 Å². The van der Waals surface area contributed by atoms with Gasteiger partial charge in [0.05, 0.1) is 6.42 Å². The van der Waals surface area contributed by atoms with Gasteiger partial charge in [0.2, 0.25) is 5.91 Å². The second-order valence-electron chi connectivity index (χ2n) is 7.80. The number of benzene rings is 2. The molecule has 34 heavy (non-hydrogen) atoms. The predicted octanol–water partition coefficient (Wildman–Crippen LogP) is 1.66. The fourth-order valence-electron chi connectivity index (χ4n) is 3.70. The number of carbonyl (C=O) groups is 4. The summed E-state index contributed by atoms with van der Waals surface area (Å²) in [6.45, 7) is 1.11. The molecule has 0 bridgehead atoms. The van der Waals surface area contributed by atoms with Crippen LogP contribution in [0.5, 0.6) is 0 Å². The number of amides is 4. The summed E-state index contributed by atoms with van der Waals surface area (Å²) in [7, 11) is 0. The van der Waals surface area contributed by atoms with Gasteiger partial charge in [-0.05, 0) is 18.1 Å². The van der Waals surface area contributed by atoms with Crippen molar-refractivity contribution in [2.75, 3.05) is 13.1 Å². The zero-order valence-corrected chi connectivity index (χ0v) is 19.3. The molecule has 5 N–H and O–H groups in total. The van der Waals surface area contributed by atoms with Crippen LogP contribution in [0.4, 0.5) is 4.79 Å². The minimum Gasteiger partial charge on any atom is -0.481 e. The highest BCUT2D eigenvalue weighted by Gasteiger charge is 2.55. The summed E-state index contributed by atoms with van der Waals surface area (Å²) in [5.74, 6) is -2.40. The van der Waals surface area contributed by atoms with E-state index in [0.29, 0.717) is 11.1 Å². The Morgan fingerprint density at radius 3 is 2.26 bits per heavy atom. The van der Waals surface area contributed by atoms with Gasteiger partial charge in [0, 0.05) is 18.7 Å². The van der Waals surface area contributed by atoms with Crippen molar-refractivity contribution in [1.82, 2.24) is 15.1 Å². The predicted molar refractivity (Wildman–Crippen MR) is 126 cm³/mol. The molecule has 0 aliphatic carbocycles. The summed E-state index contributed by atoms with van der Waals surface area (Å²) < 4.78 is 0. The largest absolute Gasteiger partial charge is 0.481 e. The first kappa shape index (κ1) is 26.3. The molecule has 4 amide bonds. The molecular weight excluding hydrogens is 462 g/mol. The van der Waals surface area contributed by atoms with E-state index >= 15 is 0 Å². The van der Waals surface area contributed by atoms with Gasteiger partial charge in [0.15, 0.2) is 0 Å². The Labute approximate surface area is 202 Å². The number of rotatable bonds is 9. The minimum absolute atomic E-state index is 0. The number of nitrogens with one attached hydrogen (secondary N) is 2. The van der Waals surface area contributed by atoms with Crippen molar-refractivity contribution < 1.29 is 24.3 Å². The van der Waals surface area contributed by atoms with Crippen LogP contribution in [-0.4, -0.2) is 57.6 Å². The van der Waals surface area contributed by atoms with Crippen LogP contribution in [0.15, 0.2) is 54.6 Å². The Kier molecular flexibility index (Phi) is 8.36. The number of nitrogen functional groups attached to an aromatic ring is 1. The van der Waals surface area contributed by atoms with E-state index in [4.69, 9.17) is 16.2 Å². The van der Waals surface area contributed by atoms with Gasteiger partial charge < -0.3 is 21.1 Å². The number of urea groups is 1. The summed E-state index contributed by atoms with van der Waals surface area (Å²) in [4.78, 5) is 52.0. The lowest BCUT2D eigenvalue weighted by molar-refractivity contribution is -0.138. The summed E-state index contributed by atoms with van der Waals surface area (Å²) in [6, 6.07) is 15.0. The first-order valence-electron chi connectivity index (χ1n) is 10.3. The maximum absolute atomic E-state index is 13.5. The maximum Gasteiger partial charge on any atom is 0.328 e. The van der Waals surface area contributed by atoms with Gasteiger partial charge in [-0.1, -0.05) is 54.6 Å². The quantitative estimate of drug-likeness (QED) is 0.239. The molecule has 10 nitrogen and oxygen atoms in total. The minimum atomic E-state index is -1.40. The van der Waals surface area contributed by atoms with E-state index in [1.54, 1.807) is 31.2 Å². The van der Waals surface area contributed by atoms with Gasteiger partial charge in [0.25, 0.3) is 5.91 Å². The summed E-state index contributed by atoms with van der Waals surface area (Å²) in [5.41, 5.74) is 5.92. The highest BCUT2D eigenvalue weighted by molar-refractivity contribution is 6.09. The summed E-state index contributed by atoms with van der Waals surface area (Å²) >= 11 is 0. The molecular formula is C23H26ClN5O5. The van der Waals surface area contributed by atoms with Crippen molar-refractivity contribution in [3.63, 3.8) is 0 Å². The molecule has 1 heterocycles. The average molecular weight is 488 g/mol. The molecule has 2 aromatic carbocycles. The van der Waals surface area contributed by atoms with Crippen LogP contribution in [0.2, 0.25) is 0 Å². The molecule has 0 radical (unpaired) electrons. The monoisotopic (exact) mass is 487 g/mol. The summed E-state index contributed by atoms with van der Waals surface area (Å²) in [5, 5.41) is 18.7. The first-order chi connectivity index (χ1) is 15.6. The lowest BCUT2D eigenvalue weighted by atomic mass is 9.89. The van der Waals surface area contributed by atoms with E-state index < -0.39 is 35.9 Å². The number of amidine groups is 1. The number of hydrogen-bond donors (Lipinski definition) is 4. The Hall–Kier alpha value is -3.92. The first-order valence-corrected chi connectivity index (χ1v) is 10.3. The highest BCUT2D eigenvalue weighted by atomic mass is 35.5. The Morgan fingerprint density at radius 1 is 1.09 bits per heavy atom. The number of carbonyl (C=O) groups excluding carboxylic acids is 3. The van der Waals surface area contributed by atoms with E-state index in [-0.39, 0.29) is 37.8 Å². The molecule has 0 unspecified atom stereocenters. The molecule has 11 heteroatoms. The molecule has 3 rings (SSSR count). The van der Waals surface area contributed by atoms with Crippen molar-refractivity contribution in [2.24, 2.45) is 5.73 Å². The normalized spacial score (nSPS) is 17.3. The Bertz CT molecular complexity index is 1090. The van der Waals surface area contributed by atoms with Crippen molar-refractivity contribution in [3.8, 4) is 0 Å². The fourth-order valence-corrected chi connectivity index (χ4v) is 3.70. The molecule has 1 fully saturated rings. The third kappa shape index (κ3) is 5.34. The van der Waals surface area contributed by atoms with Crippen LogP contribution in [0.25, 0.3) is 0 Å². The number of nitrogens with two attached hydrogens (primary N) is 1. The SMILES string of the molecule is C[C@]1(c2ccc(C(=N)N)cc2)C(=O)N(CC(=O)NCCC(=O)O)C(=O)N1Cc1ccccc1.Cl. The van der Waals surface area contributed by atoms with Gasteiger partial charge in [0.1, 0.15) is 17.9 Å². The van der Waals surface area contributed by atoms with Crippen molar-refractivity contribution in [2.45, 2.75) is 25.4 Å². The number of hydrogen-bond acceptors (Lipinski definition) is 5. The van der Waals surface area contributed by atoms with E-state index in [2.05, 4.69) is 5.32 Å². The molecule has 1 aliphatic rings. The van der Waals surface area contributed by atoms with Crippen molar-refractivity contribution >= 4 is 42.1 Å². The molecule has 1 atom stereocenters. The molecule has 0 aromatic heterocycles. The van der Waals surface area contributed by atoms with Crippen LogP contribution in [0.3, 0.4) is 0 Å². The molecule has 2 aromatic rings. The Balaban J connectivity index is 0.00000408. The Morgan fingerprint density at radius 2 is 1.71 bits per heavy atom. The number of carboxylic acid groups (broad SMARTS) is 1. The smallest absolute Gasteiger partial charge is 0.328 e. The molecule has 180 valence electrons. The molecule has 1 saturated heterocycles. The third-order valence-corrected chi connectivity index (χ3v) is 5.57. The summed E-state index contributed by atoms with van der Waals surface area (Å²) in [6.07, 6.45) is -0.270. The zero-order valence-electron chi connectivity index (χ0n) is 18.5. The third-order valence-electron chi connectivity index (χ3n) is 5.57. The van der Waals surface area contributed by atoms with Crippen LogP contribution >= 0.6 is 12.4 Å². The second kappa shape index (κ2) is 10.8. The number of nitrogens with zero attached hydrogens (tertiary/aromatic N) is 2. The molecule has 0 saturated carbocycles. The number of carboxylic acids is 1. The maximum atomic E-state index is 13.5. The van der Waals surface area contributed by atoms with Crippen molar-refractivity contribution in [1.29, 1.82) is 5.41 Å². The zero-order chi connectivity index (χ0) is 24.2. The van der Waals surface area contributed by atoms with E-state index in [1.165, 1.54) is 4.90 Å². The highest BCUT2D eigenvalue weighted by Crippen LogP contribution is 2.38. The average Bonchev–Trinajstić information content (AvgIpc) is 2.96. The van der Waals surface area contributed by atoms with E-state index in [0.717, 1.165) is 10.5 Å². The number of aliphatic carboxylic acids is 1. The number of imide groups is 1. The molecule has 0 spiro atoms. The van der Waals surface area contributed by atoms with Crippen LogP contribution in [0, 0.1) is 5.41 Å². The topological polar surface area (TPSA) is 157 Å². The van der Waals surface area contributed by atoms with Crippen molar-refractivity contribution in [3.05, 3.63) is 71.3 Å². The van der Waals surface area contributed by atoms with E-state index in [1.807, 2.05) is 30.3 Å². The van der Waals surface area contributed by atoms with Gasteiger partial charge in [-0.2, -0.15) is 0 Å². The standard InChI is InChI=1S/C23H25N5O5.ClH/c1-23(17-9-7-16(8-10-17)20(24)25)21(32)27(14-18(29)26-12-11-19(30)31)22(33)28(23)13-15-5-3-2-4-6-15;/h2-10H,11-14H2,1H3,(H3,24,25)(H,26,29)(H,30,31);1H/t23-;/m0./s1. The van der Waals surface area contributed by atoms with Gasteiger partial charge in [-0.25, -0.2) is 4.79 Å². The van der Waals surface area contributed by atoms with Gasteiger partial charge in [-0.15, -0.1) is 12.4 Å². The fraction of sp³-hybridized carbons (Fsp3) is 0.261. The lowest BCUT2D eigenvalue weighted by Gasteiger charge is -2.32. The van der Waals surface area contributed by atoms with Crippen LogP contribution in [0.1, 0.15) is 30.0 Å². The van der Waals surface area contributed by atoms with Crippen LogP contribution < -0.4 is 11.1 Å². The van der Waals surface area contributed by atoms with E-state index in [9.17, 15) is 19.2 Å².